The van der Waals surface area contributed by atoms with E-state index in [1.807, 2.05) is 78.3 Å². The van der Waals surface area contributed by atoms with E-state index >= 15 is 0 Å². The average molecular weight is 550 g/mol. The number of anilines is 2. The lowest BCUT2D eigenvalue weighted by Crippen LogP contribution is -2.32. The zero-order valence-electron chi connectivity index (χ0n) is 22.6. The lowest BCUT2D eigenvalue weighted by molar-refractivity contribution is 0.0991. The van der Waals surface area contributed by atoms with E-state index in [1.165, 1.54) is 18.5 Å². The maximum Gasteiger partial charge on any atom is 0.255 e. The first-order valence-corrected chi connectivity index (χ1v) is 14.4. The van der Waals surface area contributed by atoms with E-state index in [4.69, 9.17) is 0 Å². The second kappa shape index (κ2) is 11.1. The summed E-state index contributed by atoms with van der Waals surface area (Å²) in [6.07, 6.45) is 6.30. The van der Waals surface area contributed by atoms with Gasteiger partial charge < -0.3 is 10.2 Å². The molecule has 0 bridgehead atoms. The molecule has 1 N–H and O–H groups in total. The van der Waals surface area contributed by atoms with E-state index in [9.17, 15) is 9.59 Å². The summed E-state index contributed by atoms with van der Waals surface area (Å²) in [6.45, 7) is 6.42. The highest BCUT2D eigenvalue weighted by Gasteiger charge is 2.17. The van der Waals surface area contributed by atoms with Gasteiger partial charge in [-0.15, -0.1) is 11.3 Å². The summed E-state index contributed by atoms with van der Waals surface area (Å²) in [5.41, 5.74) is 4.93. The lowest BCUT2D eigenvalue weighted by atomic mass is 9.98. The van der Waals surface area contributed by atoms with Gasteiger partial charge in [0.15, 0.2) is 5.78 Å². The van der Waals surface area contributed by atoms with Crippen LogP contribution in [0.2, 0.25) is 0 Å². The van der Waals surface area contributed by atoms with Gasteiger partial charge in [0.05, 0.1) is 23.8 Å². The van der Waals surface area contributed by atoms with Crippen molar-refractivity contribution >= 4 is 45.3 Å². The third kappa shape index (κ3) is 5.53. The van der Waals surface area contributed by atoms with Crippen LogP contribution in [0.4, 0.5) is 11.4 Å². The molecule has 1 amide bonds. The van der Waals surface area contributed by atoms with Gasteiger partial charge in [-0.25, -0.2) is 9.67 Å². The van der Waals surface area contributed by atoms with E-state index in [0.29, 0.717) is 23.2 Å². The van der Waals surface area contributed by atoms with Crippen molar-refractivity contribution in [1.29, 1.82) is 0 Å². The molecule has 0 unspecified atom stereocenters. The number of amides is 1. The number of benzene rings is 3. The normalized spacial score (nSPS) is 14.0. The molecule has 202 valence electrons. The number of ketones is 1. The SMILES string of the molecule is Cc1cnc(CC(=O)c2ccc(-n3ncc4cc(NC(=O)c5ccc(N6CCC(C)CC6)cc5)ccc43)cc2)s1. The zero-order valence-corrected chi connectivity index (χ0v) is 23.4. The summed E-state index contributed by atoms with van der Waals surface area (Å²) >= 11 is 1.55. The van der Waals surface area contributed by atoms with E-state index in [0.717, 1.165) is 45.5 Å². The molecule has 7 nitrogen and oxygen atoms in total. The quantitative estimate of drug-likeness (QED) is 0.228. The number of hydrogen-bond acceptors (Lipinski definition) is 6. The Morgan fingerprint density at radius 1 is 0.925 bits per heavy atom. The van der Waals surface area contributed by atoms with Crippen LogP contribution in [0.3, 0.4) is 0 Å². The zero-order chi connectivity index (χ0) is 27.6. The molecule has 0 atom stereocenters. The van der Waals surface area contributed by atoms with Crippen molar-refractivity contribution in [3.63, 3.8) is 0 Å². The Labute approximate surface area is 237 Å². The van der Waals surface area contributed by atoms with Crippen LogP contribution in [-0.4, -0.2) is 39.5 Å². The summed E-state index contributed by atoms with van der Waals surface area (Å²) in [6, 6.07) is 21.1. The Hall–Kier alpha value is -4.30. The number of piperidine rings is 1. The third-order valence-electron chi connectivity index (χ3n) is 7.52. The number of nitrogens with zero attached hydrogens (tertiary/aromatic N) is 4. The molecule has 1 aliphatic rings. The monoisotopic (exact) mass is 549 g/mol. The van der Waals surface area contributed by atoms with Crippen LogP contribution < -0.4 is 10.2 Å². The van der Waals surface area contributed by atoms with Crippen LogP contribution in [-0.2, 0) is 6.42 Å². The number of hydrogen-bond donors (Lipinski definition) is 1. The summed E-state index contributed by atoms with van der Waals surface area (Å²) in [4.78, 5) is 33.4. The van der Waals surface area contributed by atoms with E-state index < -0.39 is 0 Å². The maximum absolute atomic E-state index is 12.9. The van der Waals surface area contributed by atoms with E-state index in [1.54, 1.807) is 23.7 Å². The number of aromatic nitrogens is 3. The number of fused-ring (bicyclic) bond motifs is 1. The Kier molecular flexibility index (Phi) is 7.17. The molecule has 6 rings (SSSR count). The van der Waals surface area contributed by atoms with Crippen molar-refractivity contribution in [2.45, 2.75) is 33.1 Å². The van der Waals surface area contributed by atoms with Gasteiger partial charge in [0.2, 0.25) is 0 Å². The first-order chi connectivity index (χ1) is 19.4. The summed E-state index contributed by atoms with van der Waals surface area (Å²) in [5, 5.41) is 9.31. The second-order valence-corrected chi connectivity index (χ2v) is 11.8. The first-order valence-electron chi connectivity index (χ1n) is 13.6. The van der Waals surface area contributed by atoms with Crippen molar-refractivity contribution in [2.75, 3.05) is 23.3 Å². The van der Waals surface area contributed by atoms with Gasteiger partial charge in [0.25, 0.3) is 5.91 Å². The van der Waals surface area contributed by atoms with Crippen molar-refractivity contribution in [3.8, 4) is 5.69 Å². The smallest absolute Gasteiger partial charge is 0.255 e. The van der Waals surface area contributed by atoms with Crippen molar-refractivity contribution in [3.05, 3.63) is 100 Å². The van der Waals surface area contributed by atoms with Crippen LogP contribution in [0, 0.1) is 12.8 Å². The van der Waals surface area contributed by atoms with Crippen molar-refractivity contribution < 1.29 is 9.59 Å². The number of rotatable bonds is 7. The molecule has 0 spiro atoms. The highest BCUT2D eigenvalue weighted by molar-refractivity contribution is 7.11. The van der Waals surface area contributed by atoms with E-state index in [-0.39, 0.29) is 11.7 Å². The minimum Gasteiger partial charge on any atom is -0.372 e. The molecule has 3 aromatic carbocycles. The van der Waals surface area contributed by atoms with Crippen LogP contribution in [0.25, 0.3) is 16.6 Å². The molecule has 0 radical (unpaired) electrons. The van der Waals surface area contributed by atoms with Crippen molar-refractivity contribution in [2.24, 2.45) is 5.92 Å². The van der Waals surface area contributed by atoms with Crippen molar-refractivity contribution in [1.82, 2.24) is 14.8 Å². The standard InChI is InChI=1S/C32H31N5O2S/c1-21-13-15-36(16-14-21)27-8-5-24(6-9-27)32(39)35-26-7-12-29-25(17-26)20-34-37(29)28-10-3-23(4-11-28)30(38)18-31-33-19-22(2)40-31/h3-12,17,19-21H,13-16,18H2,1-2H3,(H,35,39). The third-order valence-corrected chi connectivity index (χ3v) is 8.43. The minimum atomic E-state index is -0.140. The largest absolute Gasteiger partial charge is 0.372 e. The number of thiazole rings is 1. The van der Waals surface area contributed by atoms with Gasteiger partial charge in [0, 0.05) is 52.1 Å². The Bertz CT molecular complexity index is 1660. The molecule has 1 saturated heterocycles. The fraction of sp³-hybridized carbons (Fsp3) is 0.250. The number of Topliss-reactive ketones (excluding diaryl/α,β-unsaturated/α-hetero) is 1. The van der Waals surface area contributed by atoms with Gasteiger partial charge in [0.1, 0.15) is 5.01 Å². The number of carbonyl (C=O) groups is 2. The van der Waals surface area contributed by atoms with Gasteiger partial charge in [-0.05, 0) is 92.4 Å². The average Bonchev–Trinajstić information content (AvgIpc) is 3.59. The van der Waals surface area contributed by atoms with Crippen LogP contribution in [0.15, 0.2) is 79.1 Å². The highest BCUT2D eigenvalue weighted by Crippen LogP contribution is 2.25. The van der Waals surface area contributed by atoms with Gasteiger partial charge in [-0.1, -0.05) is 6.92 Å². The molecule has 1 fully saturated rings. The molecule has 5 aromatic rings. The summed E-state index contributed by atoms with van der Waals surface area (Å²) < 4.78 is 1.83. The molecular weight excluding hydrogens is 518 g/mol. The molecule has 40 heavy (non-hydrogen) atoms. The van der Waals surface area contributed by atoms with Crippen LogP contribution in [0.1, 0.15) is 50.4 Å². The van der Waals surface area contributed by atoms with Crippen LogP contribution >= 0.6 is 11.3 Å². The van der Waals surface area contributed by atoms with Gasteiger partial charge in [-0.3, -0.25) is 9.59 Å². The predicted molar refractivity (Wildman–Crippen MR) is 161 cm³/mol. The number of carbonyl (C=O) groups excluding carboxylic acids is 2. The minimum absolute atomic E-state index is 0.0439. The molecule has 1 aliphatic heterocycles. The predicted octanol–water partition coefficient (Wildman–Crippen LogP) is 6.70. The lowest BCUT2D eigenvalue weighted by Gasteiger charge is -2.32. The first kappa shape index (κ1) is 26.0. The fourth-order valence-electron chi connectivity index (χ4n) is 5.12. The molecule has 0 aliphatic carbocycles. The Morgan fingerprint density at radius 2 is 1.62 bits per heavy atom. The van der Waals surface area contributed by atoms with Gasteiger partial charge >= 0.3 is 0 Å². The number of aryl methyl sites for hydroxylation is 1. The molecule has 8 heteroatoms. The number of nitrogens with one attached hydrogen (secondary N) is 1. The fourth-order valence-corrected chi connectivity index (χ4v) is 5.91. The van der Waals surface area contributed by atoms with E-state index in [2.05, 4.69) is 27.2 Å². The summed E-state index contributed by atoms with van der Waals surface area (Å²) in [5.74, 6) is 0.687. The molecule has 3 heterocycles. The second-order valence-electron chi connectivity index (χ2n) is 10.5. The highest BCUT2D eigenvalue weighted by atomic mass is 32.1. The Morgan fingerprint density at radius 3 is 2.33 bits per heavy atom. The molecular formula is C32H31N5O2S. The Balaban J connectivity index is 1.12. The van der Waals surface area contributed by atoms with Gasteiger partial charge in [-0.2, -0.15) is 5.10 Å². The topological polar surface area (TPSA) is 80.1 Å². The molecule has 0 saturated carbocycles. The van der Waals surface area contributed by atoms with Crippen LogP contribution in [0.5, 0.6) is 0 Å². The summed E-state index contributed by atoms with van der Waals surface area (Å²) in [7, 11) is 0. The molecule has 2 aromatic heterocycles. The maximum atomic E-state index is 12.9.